The average molecular weight is 331 g/mol. The predicted octanol–water partition coefficient (Wildman–Crippen LogP) is 1.57. The second-order valence-corrected chi connectivity index (χ2v) is 5.77. The van der Waals surface area contributed by atoms with Gasteiger partial charge in [0.2, 0.25) is 0 Å². The summed E-state index contributed by atoms with van der Waals surface area (Å²) in [7, 11) is 1.65. The van der Waals surface area contributed by atoms with Crippen LogP contribution in [0.15, 0.2) is 18.2 Å². The topological polar surface area (TPSA) is 62.8 Å². The van der Waals surface area contributed by atoms with Crippen molar-refractivity contribution in [1.29, 1.82) is 0 Å². The summed E-state index contributed by atoms with van der Waals surface area (Å²) in [6.07, 6.45) is -0.118. The van der Waals surface area contributed by atoms with E-state index in [2.05, 4.69) is 10.6 Å². The van der Waals surface area contributed by atoms with E-state index in [-0.39, 0.29) is 30.5 Å². The first-order chi connectivity index (χ1) is 10.1. The molecular formula is C16H27ClN2O3. The van der Waals surface area contributed by atoms with Crippen LogP contribution in [0.1, 0.15) is 19.4 Å². The van der Waals surface area contributed by atoms with E-state index in [4.69, 9.17) is 9.47 Å². The summed E-state index contributed by atoms with van der Waals surface area (Å²) in [6.45, 7) is 7.12. The first-order valence-electron chi connectivity index (χ1n) is 7.53. The van der Waals surface area contributed by atoms with Gasteiger partial charge in [-0.05, 0) is 31.5 Å². The molecule has 2 atom stereocenters. The first kappa shape index (κ1) is 19.0. The summed E-state index contributed by atoms with van der Waals surface area (Å²) >= 11 is 0. The fraction of sp³-hybridized carbons (Fsp3) is 0.625. The van der Waals surface area contributed by atoms with Crippen molar-refractivity contribution in [2.24, 2.45) is 5.92 Å². The van der Waals surface area contributed by atoms with E-state index in [0.29, 0.717) is 6.54 Å². The fourth-order valence-corrected chi connectivity index (χ4v) is 2.50. The molecule has 1 aliphatic heterocycles. The Balaban J connectivity index is 0.00000242. The molecule has 0 aliphatic carbocycles. The van der Waals surface area contributed by atoms with Crippen molar-refractivity contribution < 1.29 is 14.6 Å². The number of β-amino-alcohol motifs (C(OH)–C–C–N with tert-alkyl or cyclic N) is 1. The third-order valence-corrected chi connectivity index (χ3v) is 3.63. The highest BCUT2D eigenvalue weighted by Gasteiger charge is 2.24. The third kappa shape index (κ3) is 5.32. The molecule has 0 bridgehead atoms. The zero-order chi connectivity index (χ0) is 15.2. The standard InChI is InChI=1S/C16H26N2O3.ClH/c1-11(2)21-15-5-4-12(6-16(15)20-3)7-17-8-13-9-18-10-14(13)19;/h4-6,11,13-14,17-19H,7-10H2,1-3H3;1H. The predicted molar refractivity (Wildman–Crippen MR) is 90.1 cm³/mol. The highest BCUT2D eigenvalue weighted by Crippen LogP contribution is 2.28. The number of methoxy groups -OCH3 is 1. The normalized spacial score (nSPS) is 20.8. The van der Waals surface area contributed by atoms with Crippen LogP contribution in [0.3, 0.4) is 0 Å². The Kier molecular flexibility index (Phi) is 7.96. The SMILES string of the molecule is COc1cc(CNCC2CNCC2O)ccc1OC(C)C.Cl. The van der Waals surface area contributed by atoms with Crippen LogP contribution in [-0.4, -0.2) is 44.1 Å². The number of halogens is 1. The number of aliphatic hydroxyl groups excluding tert-OH is 1. The van der Waals surface area contributed by atoms with Crippen LogP contribution in [0.4, 0.5) is 0 Å². The molecule has 1 aliphatic rings. The third-order valence-electron chi connectivity index (χ3n) is 3.63. The Hall–Kier alpha value is -1.01. The van der Waals surface area contributed by atoms with Crippen LogP contribution in [-0.2, 0) is 6.54 Å². The molecule has 1 saturated heterocycles. The van der Waals surface area contributed by atoms with Crippen molar-refractivity contribution in [3.05, 3.63) is 23.8 Å². The van der Waals surface area contributed by atoms with Crippen LogP contribution < -0.4 is 20.1 Å². The lowest BCUT2D eigenvalue weighted by Crippen LogP contribution is -2.30. The average Bonchev–Trinajstić information content (AvgIpc) is 2.85. The lowest BCUT2D eigenvalue weighted by molar-refractivity contribution is 0.146. The van der Waals surface area contributed by atoms with Crippen molar-refractivity contribution in [3.8, 4) is 11.5 Å². The van der Waals surface area contributed by atoms with Gasteiger partial charge in [-0.25, -0.2) is 0 Å². The summed E-state index contributed by atoms with van der Waals surface area (Å²) in [5.74, 6) is 1.81. The molecule has 126 valence electrons. The molecule has 2 rings (SSSR count). The van der Waals surface area contributed by atoms with E-state index in [1.165, 1.54) is 0 Å². The minimum atomic E-state index is -0.242. The molecule has 22 heavy (non-hydrogen) atoms. The quantitative estimate of drug-likeness (QED) is 0.708. The Morgan fingerprint density at radius 3 is 2.68 bits per heavy atom. The zero-order valence-electron chi connectivity index (χ0n) is 13.5. The Labute approximate surface area is 138 Å². The number of aliphatic hydroxyl groups is 1. The number of hydrogen-bond acceptors (Lipinski definition) is 5. The molecule has 3 N–H and O–H groups in total. The molecule has 0 amide bonds. The molecule has 2 unspecified atom stereocenters. The van der Waals surface area contributed by atoms with Gasteiger partial charge in [-0.15, -0.1) is 12.4 Å². The van der Waals surface area contributed by atoms with Gasteiger partial charge < -0.3 is 25.2 Å². The summed E-state index contributed by atoms with van der Waals surface area (Å²) < 4.78 is 11.1. The van der Waals surface area contributed by atoms with Gasteiger partial charge in [0, 0.05) is 32.1 Å². The van der Waals surface area contributed by atoms with Crippen LogP contribution in [0.25, 0.3) is 0 Å². The zero-order valence-corrected chi connectivity index (χ0v) is 14.3. The van der Waals surface area contributed by atoms with E-state index in [0.717, 1.165) is 36.7 Å². The van der Waals surface area contributed by atoms with Gasteiger partial charge in [-0.3, -0.25) is 0 Å². The smallest absolute Gasteiger partial charge is 0.161 e. The minimum Gasteiger partial charge on any atom is -0.493 e. The van der Waals surface area contributed by atoms with E-state index in [1.54, 1.807) is 7.11 Å². The number of ether oxygens (including phenoxy) is 2. The number of rotatable bonds is 7. The molecular weight excluding hydrogens is 304 g/mol. The van der Waals surface area contributed by atoms with Crippen molar-refractivity contribution in [2.75, 3.05) is 26.7 Å². The second-order valence-electron chi connectivity index (χ2n) is 5.77. The molecule has 1 heterocycles. The van der Waals surface area contributed by atoms with Gasteiger partial charge in [0.05, 0.1) is 19.3 Å². The Morgan fingerprint density at radius 2 is 2.09 bits per heavy atom. The van der Waals surface area contributed by atoms with Crippen molar-refractivity contribution in [2.45, 2.75) is 32.6 Å². The summed E-state index contributed by atoms with van der Waals surface area (Å²) in [6, 6.07) is 5.98. The van der Waals surface area contributed by atoms with Gasteiger partial charge in [-0.1, -0.05) is 6.07 Å². The summed E-state index contributed by atoms with van der Waals surface area (Å²) in [4.78, 5) is 0. The molecule has 1 aromatic carbocycles. The maximum atomic E-state index is 9.75. The van der Waals surface area contributed by atoms with Crippen LogP contribution >= 0.6 is 12.4 Å². The second kappa shape index (κ2) is 9.20. The molecule has 0 saturated carbocycles. The van der Waals surface area contributed by atoms with E-state index >= 15 is 0 Å². The highest BCUT2D eigenvalue weighted by atomic mass is 35.5. The fourth-order valence-electron chi connectivity index (χ4n) is 2.50. The summed E-state index contributed by atoms with van der Waals surface area (Å²) in [5.41, 5.74) is 1.14. The minimum absolute atomic E-state index is 0. The molecule has 0 radical (unpaired) electrons. The van der Waals surface area contributed by atoms with E-state index in [1.807, 2.05) is 32.0 Å². The largest absolute Gasteiger partial charge is 0.493 e. The molecule has 1 aromatic rings. The molecule has 0 aromatic heterocycles. The van der Waals surface area contributed by atoms with E-state index < -0.39 is 0 Å². The Morgan fingerprint density at radius 1 is 1.32 bits per heavy atom. The molecule has 0 spiro atoms. The van der Waals surface area contributed by atoms with E-state index in [9.17, 15) is 5.11 Å². The van der Waals surface area contributed by atoms with Crippen LogP contribution in [0.5, 0.6) is 11.5 Å². The maximum Gasteiger partial charge on any atom is 0.161 e. The number of nitrogens with one attached hydrogen (secondary N) is 2. The summed E-state index contributed by atoms with van der Waals surface area (Å²) in [5, 5.41) is 16.3. The molecule has 1 fully saturated rings. The molecule has 5 nitrogen and oxygen atoms in total. The first-order valence-corrected chi connectivity index (χ1v) is 7.53. The lowest BCUT2D eigenvalue weighted by Gasteiger charge is -2.16. The highest BCUT2D eigenvalue weighted by molar-refractivity contribution is 5.85. The van der Waals surface area contributed by atoms with Crippen molar-refractivity contribution in [3.63, 3.8) is 0 Å². The van der Waals surface area contributed by atoms with Gasteiger partial charge in [0.25, 0.3) is 0 Å². The van der Waals surface area contributed by atoms with Gasteiger partial charge in [0.15, 0.2) is 11.5 Å². The molecule has 6 heteroatoms. The number of hydrogen-bond donors (Lipinski definition) is 3. The van der Waals surface area contributed by atoms with Gasteiger partial charge >= 0.3 is 0 Å². The van der Waals surface area contributed by atoms with Gasteiger partial charge in [-0.2, -0.15) is 0 Å². The van der Waals surface area contributed by atoms with Gasteiger partial charge in [0.1, 0.15) is 0 Å². The monoisotopic (exact) mass is 330 g/mol. The Bertz CT molecular complexity index is 457. The van der Waals surface area contributed by atoms with Crippen LogP contribution in [0, 0.1) is 5.92 Å². The maximum absolute atomic E-state index is 9.75. The lowest BCUT2D eigenvalue weighted by atomic mass is 10.1. The van der Waals surface area contributed by atoms with Crippen LogP contribution in [0.2, 0.25) is 0 Å². The number of benzene rings is 1. The van der Waals surface area contributed by atoms with Crippen molar-refractivity contribution >= 4 is 12.4 Å². The van der Waals surface area contributed by atoms with Crippen molar-refractivity contribution in [1.82, 2.24) is 10.6 Å².